The van der Waals surface area contributed by atoms with E-state index < -0.39 is 20.2 Å². The van der Waals surface area contributed by atoms with Crippen molar-refractivity contribution in [2.75, 3.05) is 19.0 Å². The molecule has 8 heteroatoms. The van der Waals surface area contributed by atoms with E-state index in [-0.39, 0.29) is 12.4 Å². The minimum Gasteiger partial charge on any atom is -0.270 e. The lowest BCUT2D eigenvalue weighted by Gasteiger charge is -1.83. The zero-order valence-corrected chi connectivity index (χ0v) is 8.88. The lowest BCUT2D eigenvalue weighted by molar-refractivity contribution is 0.354. The first-order valence-corrected chi connectivity index (χ1v) is 6.89. The van der Waals surface area contributed by atoms with E-state index in [1.165, 1.54) is 6.08 Å². The van der Waals surface area contributed by atoms with E-state index in [9.17, 15) is 16.8 Å². The van der Waals surface area contributed by atoms with Gasteiger partial charge >= 0.3 is 0 Å². The largest absolute Gasteiger partial charge is 0.290 e. The molecular weight excluding hydrogens is 232 g/mol. The highest BCUT2D eigenvalue weighted by molar-refractivity contribution is 7.89. The summed E-state index contributed by atoms with van der Waals surface area (Å²) in [6.45, 7) is 0.574. The van der Waals surface area contributed by atoms with Crippen molar-refractivity contribution in [3.8, 4) is 0 Å². The zero-order valence-electron chi connectivity index (χ0n) is 7.25. The highest BCUT2D eigenvalue weighted by atomic mass is 32.2. The first-order chi connectivity index (χ1) is 6.41. The van der Waals surface area contributed by atoms with E-state index in [0.29, 0.717) is 13.0 Å². The smallest absolute Gasteiger partial charge is 0.270 e. The Hall–Kier alpha value is -0.440. The maximum atomic E-state index is 10.2. The van der Waals surface area contributed by atoms with Gasteiger partial charge in [0.2, 0.25) is 0 Å². The Morgan fingerprint density at radius 2 is 1.79 bits per heavy atom. The topological polar surface area (TPSA) is 86.7 Å². The maximum Gasteiger partial charge on any atom is 0.290 e. The minimum absolute atomic E-state index is 0.197. The third-order valence-corrected chi connectivity index (χ3v) is 3.70. The van der Waals surface area contributed by atoms with Crippen molar-refractivity contribution in [3.05, 3.63) is 11.5 Å². The van der Waals surface area contributed by atoms with Crippen LogP contribution in [0.2, 0.25) is 0 Å². The van der Waals surface area contributed by atoms with E-state index in [0.717, 1.165) is 5.41 Å². The molecule has 2 aliphatic rings. The van der Waals surface area contributed by atoms with Gasteiger partial charge in [0.25, 0.3) is 20.2 Å². The van der Waals surface area contributed by atoms with E-state index in [1.807, 2.05) is 0 Å². The predicted molar refractivity (Wildman–Crippen MR) is 48.4 cm³/mol. The molecule has 14 heavy (non-hydrogen) atoms. The second-order valence-corrected chi connectivity index (χ2v) is 5.84. The molecule has 0 unspecified atom stereocenters. The molecule has 0 bridgehead atoms. The number of rotatable bonds is 0. The fraction of sp³-hybridized carbons (Fsp3) is 0.667. The predicted octanol–water partition coefficient (Wildman–Crippen LogP) is -0.403. The van der Waals surface area contributed by atoms with Crippen LogP contribution >= 0.6 is 0 Å². The van der Waals surface area contributed by atoms with Gasteiger partial charge in [-0.25, -0.2) is 0 Å². The van der Waals surface area contributed by atoms with Gasteiger partial charge in [0, 0.05) is 0 Å². The maximum absolute atomic E-state index is 10.2. The molecule has 0 spiro atoms. The second kappa shape index (κ2) is 4.39. The summed E-state index contributed by atoms with van der Waals surface area (Å²) in [4.78, 5) is 0. The third kappa shape index (κ3) is 4.18. The van der Waals surface area contributed by atoms with Gasteiger partial charge in [-0.05, 0) is 12.5 Å². The Labute approximate surface area is 82.8 Å². The fourth-order valence-corrected chi connectivity index (χ4v) is 2.43. The summed E-state index contributed by atoms with van der Waals surface area (Å²) in [6, 6.07) is 0. The van der Waals surface area contributed by atoms with Crippen LogP contribution in [0.4, 0.5) is 0 Å². The van der Waals surface area contributed by atoms with Crippen molar-refractivity contribution in [1.82, 2.24) is 0 Å². The van der Waals surface area contributed by atoms with Crippen LogP contribution in [0.1, 0.15) is 6.42 Å². The van der Waals surface area contributed by atoms with Crippen LogP contribution in [0.5, 0.6) is 0 Å². The van der Waals surface area contributed by atoms with Gasteiger partial charge in [-0.3, -0.25) is 8.37 Å². The molecule has 2 rings (SSSR count). The first-order valence-electron chi connectivity index (χ1n) is 3.84. The van der Waals surface area contributed by atoms with Gasteiger partial charge in [-0.1, -0.05) is 0 Å². The molecule has 2 heterocycles. The van der Waals surface area contributed by atoms with Gasteiger partial charge in [0.1, 0.15) is 0 Å². The lowest BCUT2D eigenvalue weighted by Crippen LogP contribution is -1.96. The molecule has 0 amide bonds. The summed E-state index contributed by atoms with van der Waals surface area (Å²) in [6.07, 6.45) is 2.11. The van der Waals surface area contributed by atoms with Crippen LogP contribution < -0.4 is 0 Å². The summed E-state index contributed by atoms with van der Waals surface area (Å²) in [7, 11) is -6.27. The van der Waals surface area contributed by atoms with Crippen molar-refractivity contribution in [2.24, 2.45) is 0 Å². The fourth-order valence-electron chi connectivity index (χ4n) is 0.811. The third-order valence-electron chi connectivity index (χ3n) is 1.39. The van der Waals surface area contributed by atoms with Crippen LogP contribution in [0.15, 0.2) is 11.5 Å². The molecule has 0 radical (unpaired) electrons. The number of hydrogen-bond donors (Lipinski definition) is 0. The molecular formula is C6H10O6S2. The highest BCUT2D eigenvalue weighted by Crippen LogP contribution is 2.04. The van der Waals surface area contributed by atoms with E-state index in [1.54, 1.807) is 0 Å². The number of hydrogen-bond acceptors (Lipinski definition) is 6. The Morgan fingerprint density at radius 3 is 1.93 bits per heavy atom. The normalized spacial score (nSPS) is 26.9. The van der Waals surface area contributed by atoms with E-state index in [4.69, 9.17) is 0 Å². The lowest BCUT2D eigenvalue weighted by atomic mass is 10.5. The molecule has 0 N–H and O–H groups in total. The molecule has 1 saturated heterocycles. The molecule has 0 aromatic heterocycles. The van der Waals surface area contributed by atoms with E-state index >= 15 is 0 Å². The molecule has 0 aromatic rings. The SMILES string of the molecule is O=S1(=O)C=CCO1.O=S1(=O)CCCO1. The molecule has 82 valence electrons. The summed E-state index contributed by atoms with van der Waals surface area (Å²) >= 11 is 0. The average Bonchev–Trinajstić information content (AvgIpc) is 2.60. The molecule has 6 nitrogen and oxygen atoms in total. The van der Waals surface area contributed by atoms with Gasteiger partial charge in [0.15, 0.2) is 0 Å². The summed E-state index contributed by atoms with van der Waals surface area (Å²) in [5.41, 5.74) is 0. The monoisotopic (exact) mass is 242 g/mol. The summed E-state index contributed by atoms with van der Waals surface area (Å²) in [5, 5.41) is 1.05. The van der Waals surface area contributed by atoms with Gasteiger partial charge in [0.05, 0.1) is 24.4 Å². The van der Waals surface area contributed by atoms with Crippen LogP contribution in [0.25, 0.3) is 0 Å². The van der Waals surface area contributed by atoms with Crippen molar-refractivity contribution in [2.45, 2.75) is 6.42 Å². The van der Waals surface area contributed by atoms with Crippen LogP contribution in [-0.4, -0.2) is 35.8 Å². The highest BCUT2D eigenvalue weighted by Gasteiger charge is 2.16. The molecule has 2 aliphatic heterocycles. The Balaban J connectivity index is 0.000000140. The standard InChI is InChI=1S/C3H6O3S.C3H4O3S/c2*4-7(5)3-1-2-6-7/h1-3H2;1,3H,2H2. The molecule has 0 saturated carbocycles. The average molecular weight is 242 g/mol. The van der Waals surface area contributed by atoms with Crippen molar-refractivity contribution in [1.29, 1.82) is 0 Å². The quantitative estimate of drug-likeness (QED) is 0.537. The molecule has 1 fully saturated rings. The minimum atomic E-state index is -3.23. The van der Waals surface area contributed by atoms with Crippen LogP contribution in [0, 0.1) is 0 Å². The van der Waals surface area contributed by atoms with Gasteiger partial charge < -0.3 is 0 Å². The van der Waals surface area contributed by atoms with Crippen molar-refractivity contribution in [3.63, 3.8) is 0 Å². The van der Waals surface area contributed by atoms with Crippen LogP contribution in [-0.2, 0) is 28.6 Å². The van der Waals surface area contributed by atoms with Gasteiger partial charge in [-0.2, -0.15) is 16.8 Å². The van der Waals surface area contributed by atoms with Crippen LogP contribution in [0.3, 0.4) is 0 Å². The Morgan fingerprint density at radius 1 is 1.07 bits per heavy atom. The Bertz CT molecular complexity index is 392. The van der Waals surface area contributed by atoms with E-state index in [2.05, 4.69) is 8.37 Å². The summed E-state index contributed by atoms with van der Waals surface area (Å²) in [5.74, 6) is 0.201. The van der Waals surface area contributed by atoms with Crippen molar-refractivity contribution >= 4 is 20.2 Å². The molecule has 0 aromatic carbocycles. The summed E-state index contributed by atoms with van der Waals surface area (Å²) < 4.78 is 49.2. The van der Waals surface area contributed by atoms with Gasteiger partial charge in [-0.15, -0.1) is 0 Å². The van der Waals surface area contributed by atoms with Crippen molar-refractivity contribution < 1.29 is 25.2 Å². The molecule has 0 atom stereocenters. The zero-order chi connectivity index (χ0) is 10.7. The molecule has 0 aliphatic carbocycles. The Kier molecular flexibility index (Phi) is 3.65. The second-order valence-electron chi connectivity index (χ2n) is 2.59. The first kappa shape index (κ1) is 11.6.